The number of halogens is 9. The quantitative estimate of drug-likeness (QED) is 0.185. The lowest BCUT2D eigenvalue weighted by Crippen LogP contribution is -2.57. The molecule has 0 N–H and O–H groups in total. The fraction of sp³-hybridized carbons (Fsp3) is 0.448. The lowest BCUT2D eigenvalue weighted by molar-refractivity contribution is -0.361. The van der Waals surface area contributed by atoms with Gasteiger partial charge in [0.2, 0.25) is 5.60 Å². The van der Waals surface area contributed by atoms with E-state index in [4.69, 9.17) is 4.43 Å². The smallest absolute Gasteiger partial charge is 0.433 e. The van der Waals surface area contributed by atoms with Crippen LogP contribution in [-0.4, -0.2) is 39.2 Å². The molecule has 0 bridgehead atoms. The number of benzene rings is 2. The Balaban J connectivity index is 2.54. The van der Waals surface area contributed by atoms with E-state index in [1.54, 1.807) is 13.1 Å². The number of nitrogens with zero attached hydrogens (tertiary/aromatic N) is 1. The minimum Gasteiger partial charge on any atom is -0.546 e. The second-order valence-electron chi connectivity index (χ2n) is 11.7. The number of methoxy groups -OCH3 is 1. The summed E-state index contributed by atoms with van der Waals surface area (Å²) in [6, 6.07) is 7.02. The highest BCUT2D eigenvalue weighted by molar-refractivity contribution is 6.74. The van der Waals surface area contributed by atoms with Crippen LogP contribution in [0.25, 0.3) is 10.9 Å². The van der Waals surface area contributed by atoms with Crippen LogP contribution in [0, 0.1) is 0 Å². The third-order valence-corrected chi connectivity index (χ3v) is 12.5. The lowest BCUT2D eigenvalue weighted by atomic mass is 9.80. The Bertz CT molecular complexity index is 1530. The molecule has 0 aliphatic heterocycles. The molecule has 0 amide bonds. The van der Waals surface area contributed by atoms with E-state index >= 15 is 0 Å². The molecule has 242 valence electrons. The average molecular weight is 655 g/mol. The number of hydrogen-bond acceptors (Lipinski definition) is 5. The van der Waals surface area contributed by atoms with Crippen LogP contribution in [0.4, 0.5) is 39.5 Å². The number of aromatic nitrogens is 1. The summed E-state index contributed by atoms with van der Waals surface area (Å²) in [5.41, 5.74) is -10.5. The van der Waals surface area contributed by atoms with Gasteiger partial charge in [0.25, 0.3) is 0 Å². The molecule has 44 heavy (non-hydrogen) atoms. The number of alkyl halides is 9. The van der Waals surface area contributed by atoms with Crippen LogP contribution in [0.3, 0.4) is 0 Å². The van der Waals surface area contributed by atoms with Gasteiger partial charge in [-0.2, -0.15) is 39.5 Å². The predicted molar refractivity (Wildman–Crippen MR) is 143 cm³/mol. The highest BCUT2D eigenvalue weighted by Gasteiger charge is 2.59. The molecular weight excluding hydrogens is 625 g/mol. The molecule has 0 aliphatic carbocycles. The molecule has 0 fully saturated rings. The molecule has 0 saturated heterocycles. The highest BCUT2D eigenvalue weighted by atomic mass is 28.4. The van der Waals surface area contributed by atoms with Gasteiger partial charge in [0.05, 0.1) is 17.0 Å². The molecule has 0 spiro atoms. The van der Waals surface area contributed by atoms with Crippen molar-refractivity contribution < 1.29 is 58.6 Å². The van der Waals surface area contributed by atoms with Crippen molar-refractivity contribution >= 4 is 25.2 Å². The van der Waals surface area contributed by atoms with Gasteiger partial charge in [-0.3, -0.25) is 0 Å². The van der Waals surface area contributed by atoms with Crippen molar-refractivity contribution in [3.05, 3.63) is 76.5 Å². The zero-order valence-electron chi connectivity index (χ0n) is 24.4. The average Bonchev–Trinajstić information content (AvgIpc) is 2.86. The normalized spacial score (nSPS) is 15.7. The zero-order valence-corrected chi connectivity index (χ0v) is 25.4. The Labute approximate surface area is 248 Å². The molecular formula is C29H29F9NO4Si-. The number of aliphatic carboxylic acids is 1. The zero-order chi connectivity index (χ0) is 33.7. The summed E-state index contributed by atoms with van der Waals surface area (Å²) in [5.74, 6) is -4.37. The summed E-state index contributed by atoms with van der Waals surface area (Å²) in [6.07, 6.45) is -16.0. The predicted octanol–water partition coefficient (Wildman–Crippen LogP) is 7.58. The number of carboxylic acid groups (broad SMARTS) is 1. The van der Waals surface area contributed by atoms with E-state index in [2.05, 4.69) is 9.72 Å². The summed E-state index contributed by atoms with van der Waals surface area (Å²) in [6.45, 7) is 8.33. The Morgan fingerprint density at radius 3 is 1.91 bits per heavy atom. The molecule has 5 nitrogen and oxygen atoms in total. The van der Waals surface area contributed by atoms with Gasteiger partial charge in [-0.25, -0.2) is 4.98 Å². The minimum atomic E-state index is -5.64. The molecule has 1 aromatic heterocycles. The van der Waals surface area contributed by atoms with Crippen molar-refractivity contribution in [2.75, 3.05) is 13.7 Å². The van der Waals surface area contributed by atoms with E-state index in [1.165, 1.54) is 6.07 Å². The maximum absolute atomic E-state index is 14.5. The van der Waals surface area contributed by atoms with Gasteiger partial charge < -0.3 is 19.1 Å². The fourth-order valence-corrected chi connectivity index (χ4v) is 5.62. The summed E-state index contributed by atoms with van der Waals surface area (Å²) in [4.78, 5) is 15.4. The molecule has 3 aromatic rings. The molecule has 0 saturated carbocycles. The van der Waals surface area contributed by atoms with E-state index in [0.717, 1.165) is 30.3 Å². The van der Waals surface area contributed by atoms with E-state index < -0.39 is 94.8 Å². The Kier molecular flexibility index (Phi) is 9.34. The molecule has 15 heteroatoms. The maximum atomic E-state index is 14.5. The van der Waals surface area contributed by atoms with Crippen LogP contribution >= 0.6 is 0 Å². The van der Waals surface area contributed by atoms with Crippen LogP contribution in [-0.2, 0) is 31.9 Å². The van der Waals surface area contributed by atoms with Crippen molar-refractivity contribution in [1.29, 1.82) is 0 Å². The van der Waals surface area contributed by atoms with Gasteiger partial charge in [-0.15, -0.1) is 0 Å². The number of para-hydroxylation sites is 1. The highest BCUT2D eigenvalue weighted by Crippen LogP contribution is 2.48. The van der Waals surface area contributed by atoms with E-state index in [1.807, 2.05) is 20.8 Å². The summed E-state index contributed by atoms with van der Waals surface area (Å²) >= 11 is 0. The van der Waals surface area contributed by atoms with Crippen LogP contribution in [0.1, 0.15) is 54.6 Å². The maximum Gasteiger partial charge on any atom is 0.433 e. The number of carbonyl (C=O) groups is 1. The fourth-order valence-electron chi connectivity index (χ4n) is 4.60. The van der Waals surface area contributed by atoms with Crippen molar-refractivity contribution in [1.82, 2.24) is 4.98 Å². The first kappa shape index (κ1) is 35.3. The number of carbonyl (C=O) groups excluding carboxylic acids is 1. The topological polar surface area (TPSA) is 71.5 Å². The number of ether oxygens (including phenoxy) is 1. The number of hydrogen-bond donors (Lipinski definition) is 0. The van der Waals surface area contributed by atoms with Gasteiger partial charge in [-0.05, 0) is 41.4 Å². The van der Waals surface area contributed by atoms with Crippen molar-refractivity contribution in [2.24, 2.45) is 0 Å². The Morgan fingerprint density at radius 2 is 1.43 bits per heavy atom. The summed E-state index contributed by atoms with van der Waals surface area (Å²) in [7, 11) is -2.35. The molecule has 0 radical (unpaired) electrons. The summed E-state index contributed by atoms with van der Waals surface area (Å²) < 4.78 is 138. The molecule has 3 rings (SSSR count). The van der Waals surface area contributed by atoms with Crippen molar-refractivity contribution in [3.8, 4) is 0 Å². The lowest BCUT2D eigenvalue weighted by Gasteiger charge is -2.40. The molecule has 1 heterocycles. The first-order chi connectivity index (χ1) is 19.9. The van der Waals surface area contributed by atoms with Gasteiger partial charge >= 0.3 is 18.5 Å². The minimum absolute atomic E-state index is 0.444. The summed E-state index contributed by atoms with van der Waals surface area (Å²) in [5, 5.41) is 11.2. The molecule has 2 atom stereocenters. The number of fused-ring (bicyclic) bond motifs is 1. The third kappa shape index (κ3) is 6.45. The number of pyridine rings is 1. The van der Waals surface area contributed by atoms with Gasteiger partial charge in [0, 0.05) is 30.6 Å². The van der Waals surface area contributed by atoms with Gasteiger partial charge in [0.15, 0.2) is 8.32 Å². The van der Waals surface area contributed by atoms with E-state index in [0.29, 0.717) is 19.2 Å². The van der Waals surface area contributed by atoms with Crippen LogP contribution in [0.2, 0.25) is 18.1 Å². The molecule has 0 aliphatic rings. The monoisotopic (exact) mass is 654 g/mol. The molecule has 2 aromatic carbocycles. The molecule has 0 unspecified atom stereocenters. The van der Waals surface area contributed by atoms with E-state index in [-0.39, 0.29) is 0 Å². The third-order valence-electron chi connectivity index (χ3n) is 7.97. The Morgan fingerprint density at radius 1 is 0.864 bits per heavy atom. The van der Waals surface area contributed by atoms with Crippen LogP contribution < -0.4 is 5.11 Å². The second kappa shape index (κ2) is 11.6. The van der Waals surface area contributed by atoms with Gasteiger partial charge in [0.1, 0.15) is 5.69 Å². The van der Waals surface area contributed by atoms with Crippen molar-refractivity contribution in [2.45, 2.75) is 69.0 Å². The SMILES string of the molecule is CO[C@@](C(=O)[O-])(c1ccccc1[C@H](CO[Si](C)(C)C(C)(C)C)c1cc(C(F)(F)F)nc2c(C(F)(F)F)cccc12)C(F)(F)F. The van der Waals surface area contributed by atoms with Crippen LogP contribution in [0.5, 0.6) is 0 Å². The van der Waals surface area contributed by atoms with E-state index in [9.17, 15) is 49.4 Å². The second-order valence-corrected chi connectivity index (χ2v) is 16.5. The standard InChI is InChI=1S/C29H30F9NO4Si/c1-25(2,3)44(5,6)43-15-19(16-10-7-8-12-20(16)26(42-4,24(40)41)29(36,37)38)18-14-22(28(33,34)35)39-23-17(18)11-9-13-21(23)27(30,31)32/h7-14,19H,15H2,1-6H3,(H,40,41)/p-1/t19-,26+/m0/s1. The largest absolute Gasteiger partial charge is 0.546 e. The van der Waals surface area contributed by atoms with Gasteiger partial charge in [-0.1, -0.05) is 57.2 Å². The Hall–Kier alpha value is -3.17. The first-order valence-electron chi connectivity index (χ1n) is 13.0. The number of carboxylic acids is 1. The first-order valence-corrected chi connectivity index (χ1v) is 16.0. The number of rotatable bonds is 8. The van der Waals surface area contributed by atoms with Crippen LogP contribution in [0.15, 0.2) is 48.5 Å². The van der Waals surface area contributed by atoms with Crippen molar-refractivity contribution in [3.63, 3.8) is 0 Å².